The average Bonchev–Trinajstić information content (AvgIpc) is 3.11. The maximum atomic E-state index is 10.0. The summed E-state index contributed by atoms with van der Waals surface area (Å²) in [6, 6.07) is 5.19. The molecule has 1 fully saturated rings. The second-order valence-electron chi connectivity index (χ2n) is 6.81. The van der Waals surface area contributed by atoms with Gasteiger partial charge >= 0.3 is 0 Å². The van der Waals surface area contributed by atoms with Crippen LogP contribution < -0.4 is 9.64 Å². The summed E-state index contributed by atoms with van der Waals surface area (Å²) in [7, 11) is 1.57. The SMILES string of the molecule is COc1cc(O)cc(-c2nc(N3CCOCC3)c3cnn(C(C)C)c3n2)c1. The van der Waals surface area contributed by atoms with E-state index in [9.17, 15) is 5.11 Å². The molecule has 8 heteroatoms. The van der Waals surface area contributed by atoms with Crippen LogP contribution in [0.25, 0.3) is 22.4 Å². The first-order valence-corrected chi connectivity index (χ1v) is 9.03. The van der Waals surface area contributed by atoms with Gasteiger partial charge in [0.25, 0.3) is 0 Å². The summed E-state index contributed by atoms with van der Waals surface area (Å²) >= 11 is 0. The number of methoxy groups -OCH3 is 1. The summed E-state index contributed by atoms with van der Waals surface area (Å²) in [5.41, 5.74) is 1.47. The van der Waals surface area contributed by atoms with E-state index >= 15 is 0 Å². The Morgan fingerprint density at radius 1 is 1.15 bits per heavy atom. The third-order valence-electron chi connectivity index (χ3n) is 4.62. The number of rotatable bonds is 4. The third kappa shape index (κ3) is 3.28. The number of fused-ring (bicyclic) bond motifs is 1. The molecule has 8 nitrogen and oxygen atoms in total. The van der Waals surface area contributed by atoms with Crippen LogP contribution in [-0.2, 0) is 4.74 Å². The molecular formula is C19H23N5O3. The predicted molar refractivity (Wildman–Crippen MR) is 102 cm³/mol. The van der Waals surface area contributed by atoms with Gasteiger partial charge < -0.3 is 19.5 Å². The lowest BCUT2D eigenvalue weighted by Gasteiger charge is -2.28. The number of phenolic OH excluding ortho intramolecular Hbond substituents is 1. The Hall–Kier alpha value is -2.87. The van der Waals surface area contributed by atoms with Crippen LogP contribution in [0.5, 0.6) is 11.5 Å². The lowest BCUT2D eigenvalue weighted by Crippen LogP contribution is -2.37. The minimum atomic E-state index is 0.110. The molecule has 1 aromatic carbocycles. The van der Waals surface area contributed by atoms with Gasteiger partial charge in [-0.25, -0.2) is 14.6 Å². The molecule has 1 N–H and O–H groups in total. The minimum Gasteiger partial charge on any atom is -0.508 e. The molecular weight excluding hydrogens is 346 g/mol. The smallest absolute Gasteiger partial charge is 0.164 e. The molecule has 4 rings (SSSR count). The second kappa shape index (κ2) is 7.03. The Kier molecular flexibility index (Phi) is 4.57. The van der Waals surface area contributed by atoms with Crippen molar-refractivity contribution in [2.45, 2.75) is 19.9 Å². The molecule has 1 aliphatic heterocycles. The van der Waals surface area contributed by atoms with Crippen molar-refractivity contribution in [3.63, 3.8) is 0 Å². The van der Waals surface area contributed by atoms with E-state index in [0.717, 1.165) is 29.9 Å². The standard InChI is InChI=1S/C19H23N5O3/c1-12(2)24-19-16(11-20-24)18(23-4-6-27-7-5-23)21-17(22-19)13-8-14(25)10-15(9-13)26-3/h8-12,25H,4-7H2,1-3H3. The van der Waals surface area contributed by atoms with Crippen molar-refractivity contribution in [2.24, 2.45) is 0 Å². The van der Waals surface area contributed by atoms with Gasteiger partial charge in [-0.05, 0) is 26.0 Å². The molecule has 0 radical (unpaired) electrons. The van der Waals surface area contributed by atoms with E-state index in [-0.39, 0.29) is 11.8 Å². The van der Waals surface area contributed by atoms with Gasteiger partial charge in [0.1, 0.15) is 17.3 Å². The highest BCUT2D eigenvalue weighted by atomic mass is 16.5. The van der Waals surface area contributed by atoms with Gasteiger partial charge in [0, 0.05) is 30.8 Å². The molecule has 3 aromatic rings. The first kappa shape index (κ1) is 17.5. The summed E-state index contributed by atoms with van der Waals surface area (Å²) in [4.78, 5) is 11.8. The fraction of sp³-hybridized carbons (Fsp3) is 0.421. The van der Waals surface area contributed by atoms with E-state index in [2.05, 4.69) is 23.8 Å². The fourth-order valence-electron chi connectivity index (χ4n) is 3.26. The molecule has 0 unspecified atom stereocenters. The highest BCUT2D eigenvalue weighted by Gasteiger charge is 2.21. The van der Waals surface area contributed by atoms with Crippen molar-refractivity contribution in [3.8, 4) is 22.9 Å². The van der Waals surface area contributed by atoms with E-state index in [1.54, 1.807) is 19.2 Å². The molecule has 0 aliphatic carbocycles. The van der Waals surface area contributed by atoms with Crippen LogP contribution in [0.1, 0.15) is 19.9 Å². The number of aromatic nitrogens is 4. The van der Waals surface area contributed by atoms with Crippen LogP contribution in [0, 0.1) is 0 Å². The first-order chi connectivity index (χ1) is 13.1. The molecule has 0 spiro atoms. The number of morpholine rings is 1. The lowest BCUT2D eigenvalue weighted by atomic mass is 10.2. The van der Waals surface area contributed by atoms with Crippen LogP contribution in [0.2, 0.25) is 0 Å². The normalized spacial score (nSPS) is 14.9. The van der Waals surface area contributed by atoms with Gasteiger partial charge in [0.15, 0.2) is 11.5 Å². The zero-order valence-corrected chi connectivity index (χ0v) is 15.7. The monoisotopic (exact) mass is 369 g/mol. The maximum Gasteiger partial charge on any atom is 0.164 e. The number of anilines is 1. The fourth-order valence-corrected chi connectivity index (χ4v) is 3.26. The molecule has 0 atom stereocenters. The Morgan fingerprint density at radius 3 is 2.63 bits per heavy atom. The van der Waals surface area contributed by atoms with Crippen molar-refractivity contribution in [1.82, 2.24) is 19.7 Å². The topological polar surface area (TPSA) is 85.5 Å². The molecule has 1 saturated heterocycles. The highest BCUT2D eigenvalue weighted by Crippen LogP contribution is 2.32. The third-order valence-corrected chi connectivity index (χ3v) is 4.62. The van der Waals surface area contributed by atoms with Crippen molar-refractivity contribution in [3.05, 3.63) is 24.4 Å². The molecule has 2 aromatic heterocycles. The number of hydrogen-bond donors (Lipinski definition) is 1. The highest BCUT2D eigenvalue weighted by molar-refractivity contribution is 5.89. The summed E-state index contributed by atoms with van der Waals surface area (Å²) < 4.78 is 12.7. The predicted octanol–water partition coefficient (Wildman–Crippen LogP) is 2.63. The van der Waals surface area contributed by atoms with Crippen LogP contribution in [-0.4, -0.2) is 58.3 Å². The van der Waals surface area contributed by atoms with Crippen molar-refractivity contribution in [2.75, 3.05) is 38.3 Å². The zero-order chi connectivity index (χ0) is 19.0. The molecule has 0 bridgehead atoms. The van der Waals surface area contributed by atoms with Gasteiger partial charge in [-0.2, -0.15) is 5.10 Å². The lowest BCUT2D eigenvalue weighted by molar-refractivity contribution is 0.122. The second-order valence-corrected chi connectivity index (χ2v) is 6.81. The number of aromatic hydroxyl groups is 1. The quantitative estimate of drug-likeness (QED) is 0.756. The number of phenols is 1. The largest absolute Gasteiger partial charge is 0.508 e. The summed E-state index contributed by atoms with van der Waals surface area (Å²) in [6.45, 7) is 7.00. The van der Waals surface area contributed by atoms with Gasteiger partial charge in [-0.3, -0.25) is 0 Å². The summed E-state index contributed by atoms with van der Waals surface area (Å²) in [5, 5.41) is 15.5. The van der Waals surface area contributed by atoms with E-state index < -0.39 is 0 Å². The van der Waals surface area contributed by atoms with Crippen LogP contribution >= 0.6 is 0 Å². The van der Waals surface area contributed by atoms with Crippen LogP contribution in [0.15, 0.2) is 24.4 Å². The molecule has 0 saturated carbocycles. The average molecular weight is 369 g/mol. The van der Waals surface area contributed by atoms with Gasteiger partial charge in [-0.15, -0.1) is 0 Å². The Labute approximate surface area is 157 Å². The number of nitrogens with zero attached hydrogens (tertiary/aromatic N) is 5. The number of ether oxygens (including phenoxy) is 2. The van der Waals surface area contributed by atoms with E-state index in [1.165, 1.54) is 0 Å². The van der Waals surface area contributed by atoms with E-state index in [0.29, 0.717) is 30.4 Å². The molecule has 27 heavy (non-hydrogen) atoms. The zero-order valence-electron chi connectivity index (χ0n) is 15.7. The summed E-state index contributed by atoms with van der Waals surface area (Å²) in [6.07, 6.45) is 1.83. The number of hydrogen-bond acceptors (Lipinski definition) is 7. The van der Waals surface area contributed by atoms with E-state index in [1.807, 2.05) is 16.9 Å². The number of benzene rings is 1. The molecule has 1 aliphatic rings. The Bertz CT molecular complexity index is 963. The molecule has 142 valence electrons. The van der Waals surface area contributed by atoms with Crippen molar-refractivity contribution >= 4 is 16.9 Å². The maximum absolute atomic E-state index is 10.0. The van der Waals surface area contributed by atoms with Gasteiger partial charge in [0.2, 0.25) is 0 Å². The van der Waals surface area contributed by atoms with Crippen LogP contribution in [0.4, 0.5) is 5.82 Å². The summed E-state index contributed by atoms with van der Waals surface area (Å²) in [5.74, 6) is 2.03. The van der Waals surface area contributed by atoms with Gasteiger partial charge in [-0.1, -0.05) is 0 Å². The molecule has 0 amide bonds. The Morgan fingerprint density at radius 2 is 1.93 bits per heavy atom. The van der Waals surface area contributed by atoms with Crippen molar-refractivity contribution in [1.29, 1.82) is 0 Å². The molecule has 3 heterocycles. The van der Waals surface area contributed by atoms with Gasteiger partial charge in [0.05, 0.1) is 31.9 Å². The van der Waals surface area contributed by atoms with E-state index in [4.69, 9.17) is 19.4 Å². The minimum absolute atomic E-state index is 0.110. The Balaban J connectivity index is 1.92. The van der Waals surface area contributed by atoms with Crippen molar-refractivity contribution < 1.29 is 14.6 Å². The van der Waals surface area contributed by atoms with Crippen LogP contribution in [0.3, 0.4) is 0 Å². The first-order valence-electron chi connectivity index (χ1n) is 9.03.